The molecule has 1 N–H and O–H groups in total. The highest BCUT2D eigenvalue weighted by molar-refractivity contribution is 8.06. The first-order chi connectivity index (χ1) is 5.04. The molecule has 5 heteroatoms. The third-order valence-corrected chi connectivity index (χ3v) is 2.78. The monoisotopic (exact) mass is 180 g/mol. The number of hydrogen-bond acceptors (Lipinski definition) is 4. The van der Waals surface area contributed by atoms with Crippen molar-refractivity contribution in [3.05, 3.63) is 0 Å². The minimum Gasteiger partial charge on any atom is -0.395 e. The summed E-state index contributed by atoms with van der Waals surface area (Å²) in [5.41, 5.74) is 0. The molecule has 0 atom stereocenters. The third kappa shape index (κ3) is 3.48. The first-order valence-corrected chi connectivity index (χ1v) is 5.06. The molecule has 0 unspecified atom stereocenters. The second-order valence-corrected chi connectivity index (χ2v) is 4.26. The fourth-order valence-electron chi connectivity index (χ4n) is 0.594. The maximum atomic E-state index is 10.8. The molecule has 0 amide bonds. The number of carbonyl (C=O) groups excluding carboxylic acids is 1. The van der Waals surface area contributed by atoms with Gasteiger partial charge in [0.15, 0.2) is 0 Å². The Bertz CT molecular complexity index is 217. The van der Waals surface area contributed by atoms with Crippen LogP contribution in [0.15, 0.2) is 0 Å². The van der Waals surface area contributed by atoms with Gasteiger partial charge in [0.1, 0.15) is 0 Å². The van der Waals surface area contributed by atoms with Gasteiger partial charge in [-0.05, 0) is 6.42 Å². The van der Waals surface area contributed by atoms with E-state index in [4.69, 9.17) is 5.11 Å². The van der Waals surface area contributed by atoms with E-state index in [1.807, 2.05) is 0 Å². The summed E-state index contributed by atoms with van der Waals surface area (Å²) in [4.78, 5) is 10.8. The zero-order valence-electron chi connectivity index (χ0n) is 6.41. The molecule has 0 aromatic rings. The van der Waals surface area contributed by atoms with E-state index >= 15 is 0 Å². The van der Waals surface area contributed by atoms with E-state index in [9.17, 15) is 13.2 Å². The van der Waals surface area contributed by atoms with Gasteiger partial charge in [-0.1, -0.05) is 6.92 Å². The van der Waals surface area contributed by atoms with E-state index in [1.165, 1.54) is 0 Å². The van der Waals surface area contributed by atoms with Gasteiger partial charge in [-0.2, -0.15) is 0 Å². The van der Waals surface area contributed by atoms with Crippen LogP contribution < -0.4 is 0 Å². The fourth-order valence-corrected chi connectivity index (χ4v) is 1.58. The summed E-state index contributed by atoms with van der Waals surface area (Å²) in [6.45, 7) is 1.24. The highest BCUT2D eigenvalue weighted by Gasteiger charge is 2.19. The summed E-state index contributed by atoms with van der Waals surface area (Å²) in [5.74, 6) is -0.453. The quantitative estimate of drug-likeness (QED) is 0.646. The summed E-state index contributed by atoms with van der Waals surface area (Å²) in [6, 6.07) is 0. The summed E-state index contributed by atoms with van der Waals surface area (Å²) in [6.07, 6.45) is 0.561. The number of rotatable bonds is 4. The molecule has 0 radical (unpaired) electrons. The molecule has 4 nitrogen and oxygen atoms in total. The molecule has 0 heterocycles. The first-order valence-electron chi connectivity index (χ1n) is 3.41. The highest BCUT2D eigenvalue weighted by Crippen LogP contribution is 1.98. The Hall–Kier alpha value is -0.420. The van der Waals surface area contributed by atoms with Crippen molar-refractivity contribution in [1.82, 2.24) is 0 Å². The Morgan fingerprint density at radius 1 is 1.45 bits per heavy atom. The van der Waals surface area contributed by atoms with Gasteiger partial charge in [0.05, 0.1) is 12.4 Å². The van der Waals surface area contributed by atoms with Crippen molar-refractivity contribution in [3.8, 4) is 0 Å². The average Bonchev–Trinajstić information content (AvgIpc) is 1.88. The normalized spacial score (nSPS) is 11.5. The topological polar surface area (TPSA) is 71.4 Å². The Balaban J connectivity index is 4.20. The van der Waals surface area contributed by atoms with Gasteiger partial charge in [-0.15, -0.1) is 0 Å². The van der Waals surface area contributed by atoms with Gasteiger partial charge in [0, 0.05) is 6.42 Å². The predicted octanol–water partition coefficient (Wildman–Crippen LogP) is -0.280. The summed E-state index contributed by atoms with van der Waals surface area (Å²) in [5, 5.41) is 7.52. The molecular weight excluding hydrogens is 168 g/mol. The van der Waals surface area contributed by atoms with E-state index in [-0.39, 0.29) is 6.42 Å². The maximum Gasteiger partial charge on any atom is 0.246 e. The van der Waals surface area contributed by atoms with Crippen LogP contribution in [0.1, 0.15) is 19.8 Å². The molecule has 0 rings (SSSR count). The van der Waals surface area contributed by atoms with Crippen molar-refractivity contribution in [3.63, 3.8) is 0 Å². The third-order valence-electron chi connectivity index (χ3n) is 1.16. The highest BCUT2D eigenvalue weighted by atomic mass is 32.2. The van der Waals surface area contributed by atoms with Crippen LogP contribution in [0.4, 0.5) is 0 Å². The van der Waals surface area contributed by atoms with Gasteiger partial charge in [0.25, 0.3) is 0 Å². The molecule has 0 saturated carbocycles. The van der Waals surface area contributed by atoms with Crippen LogP contribution in [0.5, 0.6) is 0 Å². The van der Waals surface area contributed by atoms with Crippen molar-refractivity contribution >= 4 is 15.0 Å². The van der Waals surface area contributed by atoms with Crippen LogP contribution in [0.25, 0.3) is 0 Å². The first kappa shape index (κ1) is 10.6. The zero-order valence-corrected chi connectivity index (χ0v) is 7.23. The Morgan fingerprint density at radius 3 is 2.36 bits per heavy atom. The van der Waals surface area contributed by atoms with E-state index in [0.717, 1.165) is 0 Å². The molecule has 11 heavy (non-hydrogen) atoms. The number of carbonyl (C=O) groups is 1. The Labute approximate surface area is 66.1 Å². The molecule has 0 aliphatic rings. The Morgan fingerprint density at radius 2 is 2.00 bits per heavy atom. The minimum atomic E-state index is -3.66. The van der Waals surface area contributed by atoms with Crippen molar-refractivity contribution in [1.29, 1.82) is 0 Å². The molecule has 0 aliphatic carbocycles. The van der Waals surface area contributed by atoms with Crippen LogP contribution in [-0.4, -0.2) is 31.0 Å². The molecular formula is C6H12O4S. The zero-order chi connectivity index (χ0) is 8.91. The second kappa shape index (κ2) is 4.46. The van der Waals surface area contributed by atoms with E-state index < -0.39 is 27.3 Å². The van der Waals surface area contributed by atoms with E-state index in [1.54, 1.807) is 6.92 Å². The molecule has 0 aromatic carbocycles. The van der Waals surface area contributed by atoms with Crippen LogP contribution in [0, 0.1) is 0 Å². The van der Waals surface area contributed by atoms with Crippen LogP contribution in [0.2, 0.25) is 0 Å². The summed E-state index contributed by atoms with van der Waals surface area (Å²) in [7, 11) is -3.66. The van der Waals surface area contributed by atoms with Crippen molar-refractivity contribution in [2.24, 2.45) is 0 Å². The molecule has 0 fully saturated rings. The van der Waals surface area contributed by atoms with Gasteiger partial charge < -0.3 is 5.11 Å². The lowest BCUT2D eigenvalue weighted by atomic mass is 10.4. The van der Waals surface area contributed by atoms with Crippen molar-refractivity contribution in [2.75, 3.05) is 12.4 Å². The predicted molar refractivity (Wildman–Crippen MR) is 40.8 cm³/mol. The smallest absolute Gasteiger partial charge is 0.246 e. The number of sulfone groups is 1. The second-order valence-electron chi connectivity index (χ2n) is 2.16. The maximum absolute atomic E-state index is 10.8. The molecule has 0 saturated heterocycles. The van der Waals surface area contributed by atoms with Gasteiger partial charge in [-0.3, -0.25) is 4.79 Å². The number of aliphatic hydroxyl groups excluding tert-OH is 1. The Kier molecular flexibility index (Phi) is 4.29. The van der Waals surface area contributed by atoms with Gasteiger partial charge in [0.2, 0.25) is 15.0 Å². The fraction of sp³-hybridized carbons (Fsp3) is 0.833. The molecule has 66 valence electrons. The number of aliphatic hydroxyl groups is 1. The lowest BCUT2D eigenvalue weighted by Gasteiger charge is -1.97. The summed E-state index contributed by atoms with van der Waals surface area (Å²) >= 11 is 0. The average molecular weight is 180 g/mol. The molecule has 0 aromatic heterocycles. The molecule has 0 spiro atoms. The van der Waals surface area contributed by atoms with E-state index in [0.29, 0.717) is 6.42 Å². The van der Waals surface area contributed by atoms with Crippen LogP contribution in [-0.2, 0) is 14.6 Å². The van der Waals surface area contributed by atoms with Crippen molar-refractivity contribution in [2.45, 2.75) is 19.8 Å². The standard InChI is InChI=1S/C6H12O4S/c1-2-3-6(8)11(9,10)5-4-7/h7H,2-5H2,1H3. The minimum absolute atomic E-state index is 0.0440. The largest absolute Gasteiger partial charge is 0.395 e. The van der Waals surface area contributed by atoms with E-state index in [2.05, 4.69) is 0 Å². The molecule has 0 aliphatic heterocycles. The van der Waals surface area contributed by atoms with Crippen molar-refractivity contribution < 1.29 is 18.3 Å². The lowest BCUT2D eigenvalue weighted by molar-refractivity contribution is -0.111. The van der Waals surface area contributed by atoms with Crippen LogP contribution in [0.3, 0.4) is 0 Å². The SMILES string of the molecule is CCCC(=O)S(=O)(=O)CCO. The number of hydrogen-bond donors (Lipinski definition) is 1. The van der Waals surface area contributed by atoms with Gasteiger partial charge >= 0.3 is 0 Å². The van der Waals surface area contributed by atoms with Crippen LogP contribution >= 0.6 is 0 Å². The lowest BCUT2D eigenvalue weighted by Crippen LogP contribution is -2.19. The summed E-state index contributed by atoms with van der Waals surface area (Å²) < 4.78 is 21.6. The van der Waals surface area contributed by atoms with Gasteiger partial charge in [-0.25, -0.2) is 8.42 Å². The molecule has 0 bridgehead atoms.